The summed E-state index contributed by atoms with van der Waals surface area (Å²) in [7, 11) is -3.74. The number of rotatable bonds is 3. The fourth-order valence-corrected chi connectivity index (χ4v) is 4.19. The summed E-state index contributed by atoms with van der Waals surface area (Å²) in [5.41, 5.74) is 6.05. The smallest absolute Gasteiger partial charge is 0.241 e. The molecule has 5 nitrogen and oxygen atoms in total. The Morgan fingerprint density at radius 3 is 2.75 bits per heavy atom. The minimum atomic E-state index is -3.74. The van der Waals surface area contributed by atoms with Gasteiger partial charge in [-0.3, -0.25) is 0 Å². The van der Waals surface area contributed by atoms with Gasteiger partial charge in [0.2, 0.25) is 10.0 Å². The van der Waals surface area contributed by atoms with Crippen LogP contribution in [0.2, 0.25) is 0 Å². The fourth-order valence-electron chi connectivity index (χ4n) is 2.46. The van der Waals surface area contributed by atoms with Gasteiger partial charge in [-0.2, -0.15) is 0 Å². The number of sulfonamides is 1. The van der Waals surface area contributed by atoms with Gasteiger partial charge in [-0.15, -0.1) is 0 Å². The van der Waals surface area contributed by atoms with E-state index in [-0.39, 0.29) is 22.2 Å². The van der Waals surface area contributed by atoms with Gasteiger partial charge < -0.3 is 10.5 Å². The third-order valence-corrected chi connectivity index (χ3v) is 5.26. The van der Waals surface area contributed by atoms with Crippen LogP contribution in [0.15, 0.2) is 11.0 Å². The van der Waals surface area contributed by atoms with Gasteiger partial charge in [0, 0.05) is 12.6 Å². The third-order valence-electron chi connectivity index (χ3n) is 3.45. The molecule has 2 rings (SSSR count). The molecule has 0 spiro atoms. The summed E-state index contributed by atoms with van der Waals surface area (Å²) in [5, 5.41) is 0. The Morgan fingerprint density at radius 1 is 1.45 bits per heavy atom. The van der Waals surface area contributed by atoms with Crippen molar-refractivity contribution < 1.29 is 17.5 Å². The topological polar surface area (TPSA) is 81.4 Å². The quantitative estimate of drug-likeness (QED) is 0.829. The van der Waals surface area contributed by atoms with Gasteiger partial charge in [0.1, 0.15) is 5.82 Å². The normalized spacial score (nSPS) is 20.1. The molecule has 1 aromatic carbocycles. The average Bonchev–Trinajstić information content (AvgIpc) is 2.36. The van der Waals surface area contributed by atoms with Crippen LogP contribution in [0.1, 0.15) is 24.0 Å². The summed E-state index contributed by atoms with van der Waals surface area (Å²) in [6.45, 7) is 4.08. The average molecular weight is 302 g/mol. The van der Waals surface area contributed by atoms with Crippen molar-refractivity contribution in [1.29, 1.82) is 0 Å². The highest BCUT2D eigenvalue weighted by molar-refractivity contribution is 7.89. The van der Waals surface area contributed by atoms with Crippen LogP contribution in [0.25, 0.3) is 0 Å². The molecule has 0 aromatic heterocycles. The van der Waals surface area contributed by atoms with Gasteiger partial charge in [0.25, 0.3) is 0 Å². The number of nitrogens with two attached hydrogens (primary N) is 1. The molecule has 0 bridgehead atoms. The monoisotopic (exact) mass is 302 g/mol. The first-order valence-electron chi connectivity index (χ1n) is 6.48. The van der Waals surface area contributed by atoms with Crippen LogP contribution in [-0.4, -0.2) is 27.7 Å². The van der Waals surface area contributed by atoms with E-state index >= 15 is 0 Å². The molecule has 0 saturated carbocycles. The first kappa shape index (κ1) is 15.2. The molecule has 1 aliphatic rings. The van der Waals surface area contributed by atoms with Gasteiger partial charge in [-0.05, 0) is 43.9 Å². The molecule has 1 saturated heterocycles. The highest BCUT2D eigenvalue weighted by Crippen LogP contribution is 2.27. The second-order valence-corrected chi connectivity index (χ2v) is 6.73. The molecule has 0 amide bonds. The number of nitrogen functional groups attached to an aromatic ring is 1. The Morgan fingerprint density at radius 2 is 2.15 bits per heavy atom. The molecule has 1 aliphatic heterocycles. The van der Waals surface area contributed by atoms with Crippen LogP contribution in [-0.2, 0) is 14.8 Å². The lowest BCUT2D eigenvalue weighted by atomic mass is 10.1. The van der Waals surface area contributed by atoms with E-state index in [1.165, 1.54) is 6.92 Å². The zero-order valence-corrected chi connectivity index (χ0v) is 12.4. The number of hydrogen-bond acceptors (Lipinski definition) is 4. The molecule has 1 unspecified atom stereocenters. The van der Waals surface area contributed by atoms with Gasteiger partial charge in [0.05, 0.1) is 17.2 Å². The third kappa shape index (κ3) is 2.94. The predicted molar refractivity (Wildman–Crippen MR) is 74.4 cm³/mol. The van der Waals surface area contributed by atoms with Crippen LogP contribution in [0.5, 0.6) is 0 Å². The Bertz CT molecular complexity index is 611. The second-order valence-electron chi connectivity index (χ2n) is 5.08. The number of ether oxygens (including phenoxy) is 1. The van der Waals surface area contributed by atoms with Crippen LogP contribution >= 0.6 is 0 Å². The zero-order valence-electron chi connectivity index (χ0n) is 11.6. The molecule has 20 heavy (non-hydrogen) atoms. The Labute approximate surface area is 118 Å². The maximum Gasteiger partial charge on any atom is 0.241 e. The lowest BCUT2D eigenvalue weighted by molar-refractivity contribution is 0.0774. The summed E-state index contributed by atoms with van der Waals surface area (Å²) in [4.78, 5) is 0.0574. The van der Waals surface area contributed by atoms with Gasteiger partial charge >= 0.3 is 0 Å². The number of aryl methyl sites for hydroxylation is 1. The Hall–Kier alpha value is -1.18. The maximum absolute atomic E-state index is 13.5. The van der Waals surface area contributed by atoms with Crippen LogP contribution in [0, 0.1) is 19.7 Å². The number of hydrogen-bond donors (Lipinski definition) is 2. The first-order valence-corrected chi connectivity index (χ1v) is 7.96. The molecule has 112 valence electrons. The van der Waals surface area contributed by atoms with Crippen molar-refractivity contribution in [1.82, 2.24) is 4.72 Å². The molecule has 1 fully saturated rings. The van der Waals surface area contributed by atoms with E-state index in [9.17, 15) is 12.8 Å². The van der Waals surface area contributed by atoms with Gasteiger partial charge in [0.15, 0.2) is 0 Å². The van der Waals surface area contributed by atoms with Crippen molar-refractivity contribution in [2.75, 3.05) is 18.9 Å². The summed E-state index contributed by atoms with van der Waals surface area (Å²) in [6, 6.07) is 0.896. The minimum Gasteiger partial charge on any atom is -0.396 e. The molecule has 1 heterocycles. The molecule has 7 heteroatoms. The standard InChI is InChI=1S/C13H19FN2O3S/c1-8-6-11(14)12(15)9(2)13(8)20(17,18)16-10-4-3-5-19-7-10/h6,10,16H,3-5,7,15H2,1-2H3. The van der Waals surface area contributed by atoms with E-state index in [0.29, 0.717) is 18.8 Å². The summed E-state index contributed by atoms with van der Waals surface area (Å²) in [5.74, 6) is -0.597. The van der Waals surface area contributed by atoms with Crippen molar-refractivity contribution in [2.24, 2.45) is 0 Å². The van der Waals surface area contributed by atoms with Crippen LogP contribution in [0.4, 0.5) is 10.1 Å². The van der Waals surface area contributed by atoms with Crippen molar-refractivity contribution >= 4 is 15.7 Å². The SMILES string of the molecule is Cc1cc(F)c(N)c(C)c1S(=O)(=O)NC1CCCOC1. The molecule has 0 aliphatic carbocycles. The number of benzene rings is 1. The van der Waals surface area contributed by atoms with Crippen LogP contribution in [0.3, 0.4) is 0 Å². The summed E-state index contributed by atoms with van der Waals surface area (Å²) >= 11 is 0. The van der Waals surface area contributed by atoms with Crippen LogP contribution < -0.4 is 10.5 Å². The molecular weight excluding hydrogens is 283 g/mol. The summed E-state index contributed by atoms with van der Waals surface area (Å²) in [6.07, 6.45) is 1.55. The number of anilines is 1. The van der Waals surface area contributed by atoms with E-state index in [2.05, 4.69) is 4.72 Å². The highest BCUT2D eigenvalue weighted by Gasteiger charge is 2.26. The van der Waals surface area contributed by atoms with Gasteiger partial charge in [-0.25, -0.2) is 17.5 Å². The van der Waals surface area contributed by atoms with E-state index in [0.717, 1.165) is 18.9 Å². The Balaban J connectivity index is 2.36. The number of halogens is 1. The predicted octanol–water partition coefficient (Wildman–Crippen LogP) is 1.48. The van der Waals surface area contributed by atoms with E-state index in [1.54, 1.807) is 6.92 Å². The van der Waals surface area contributed by atoms with Crippen molar-refractivity contribution in [3.8, 4) is 0 Å². The zero-order chi connectivity index (χ0) is 14.9. The minimum absolute atomic E-state index is 0.0574. The van der Waals surface area contributed by atoms with Gasteiger partial charge in [-0.1, -0.05) is 0 Å². The highest BCUT2D eigenvalue weighted by atomic mass is 32.2. The molecule has 0 radical (unpaired) electrons. The largest absolute Gasteiger partial charge is 0.396 e. The van der Waals surface area contributed by atoms with Crippen molar-refractivity contribution in [3.05, 3.63) is 23.0 Å². The molecule has 1 atom stereocenters. The Kier molecular flexibility index (Phi) is 4.31. The van der Waals surface area contributed by atoms with Crippen molar-refractivity contribution in [3.63, 3.8) is 0 Å². The van der Waals surface area contributed by atoms with E-state index in [4.69, 9.17) is 10.5 Å². The molecule has 1 aromatic rings. The van der Waals surface area contributed by atoms with E-state index < -0.39 is 15.8 Å². The lowest BCUT2D eigenvalue weighted by Gasteiger charge is -2.24. The maximum atomic E-state index is 13.5. The lowest BCUT2D eigenvalue weighted by Crippen LogP contribution is -2.41. The molecular formula is C13H19FN2O3S. The fraction of sp³-hybridized carbons (Fsp3) is 0.538. The van der Waals surface area contributed by atoms with E-state index in [1.807, 2.05) is 0 Å². The summed E-state index contributed by atoms with van der Waals surface area (Å²) < 4.78 is 46.3. The number of nitrogens with one attached hydrogen (secondary N) is 1. The second kappa shape index (κ2) is 5.67. The first-order chi connectivity index (χ1) is 9.33. The molecule has 3 N–H and O–H groups in total. The van der Waals surface area contributed by atoms with Crippen molar-refractivity contribution in [2.45, 2.75) is 37.6 Å².